The molecule has 0 N–H and O–H groups in total. The Morgan fingerprint density at radius 1 is 1.38 bits per heavy atom. The Kier molecular flexibility index (Phi) is 4.51. The average molecular weight is 372 g/mol. The minimum absolute atomic E-state index is 0.109. The molecule has 0 radical (unpaired) electrons. The molecule has 0 bridgehead atoms. The Labute approximate surface area is 82.6 Å². The van der Waals surface area contributed by atoms with E-state index in [9.17, 15) is 0 Å². The fourth-order valence-electron chi connectivity index (χ4n) is 0.192. The Balaban J connectivity index is 3.89. The lowest BCUT2D eigenvalue weighted by molar-refractivity contribution is 1.21. The van der Waals surface area contributed by atoms with E-state index < -0.39 is 0 Å². The van der Waals surface area contributed by atoms with Crippen LogP contribution in [0.4, 0.5) is 0 Å². The van der Waals surface area contributed by atoms with Crippen LogP contribution < -0.4 is 0 Å². The molecule has 0 saturated heterocycles. The molecule has 0 amide bonds. The highest BCUT2D eigenvalue weighted by atomic mass is 79.9. The first-order chi connectivity index (χ1) is 3.42. The summed E-state index contributed by atoms with van der Waals surface area (Å²) in [6.07, 6.45) is 1.94. The van der Waals surface area contributed by atoms with Gasteiger partial charge in [-0.3, -0.25) is 0 Å². The largest absolute Gasteiger partial charge is 0.0975 e. The molecule has 8 heavy (non-hydrogen) atoms. The summed E-state index contributed by atoms with van der Waals surface area (Å²) in [7, 11) is 0. The summed E-state index contributed by atoms with van der Waals surface area (Å²) in [6.45, 7) is 1.98. The van der Waals surface area contributed by atoms with Crippen LogP contribution in [-0.4, -0.2) is 3.23 Å². The van der Waals surface area contributed by atoms with Gasteiger partial charge in [-0.05, 0) is 44.9 Å². The Hall–Kier alpha value is 1.66. The van der Waals surface area contributed by atoms with Gasteiger partial charge in [0.2, 0.25) is 0 Å². The zero-order chi connectivity index (χ0) is 6.78. The van der Waals surface area contributed by atoms with Gasteiger partial charge >= 0.3 is 0 Å². The molecule has 0 aromatic rings. The van der Waals surface area contributed by atoms with E-state index >= 15 is 0 Å². The van der Waals surface area contributed by atoms with Crippen molar-refractivity contribution in [2.45, 2.75) is 10.2 Å². The number of hydrogen-bond donors (Lipinski definition) is 0. The molecular weight excluding hydrogens is 368 g/mol. The lowest BCUT2D eigenvalue weighted by atomic mass is 10.5. The minimum atomic E-state index is -0.109. The SMILES string of the molecule is CC(Br)(Br)C=C(Br)Br. The van der Waals surface area contributed by atoms with Crippen LogP contribution in [0.2, 0.25) is 0 Å². The zero-order valence-electron chi connectivity index (χ0n) is 4.09. The number of alkyl halides is 2. The molecule has 0 aromatic heterocycles. The second-order valence-electron chi connectivity index (χ2n) is 1.39. The summed E-state index contributed by atoms with van der Waals surface area (Å²) in [5.74, 6) is 0. The molecule has 4 heteroatoms. The molecule has 0 spiro atoms. The second kappa shape index (κ2) is 3.74. The van der Waals surface area contributed by atoms with Gasteiger partial charge in [-0.1, -0.05) is 31.9 Å². The summed E-state index contributed by atoms with van der Waals surface area (Å²) in [5.41, 5.74) is 0. The summed E-state index contributed by atoms with van der Waals surface area (Å²) in [4.78, 5) is 0. The summed E-state index contributed by atoms with van der Waals surface area (Å²) in [5, 5.41) is 0. The van der Waals surface area contributed by atoms with Gasteiger partial charge in [0.1, 0.15) is 0 Å². The van der Waals surface area contributed by atoms with Crippen molar-refractivity contribution in [3.05, 3.63) is 9.47 Å². The quantitative estimate of drug-likeness (QED) is 0.608. The van der Waals surface area contributed by atoms with Gasteiger partial charge in [-0.15, -0.1) is 0 Å². The molecule has 48 valence electrons. The van der Waals surface area contributed by atoms with Crippen LogP contribution in [0.1, 0.15) is 6.92 Å². The van der Waals surface area contributed by atoms with Crippen molar-refractivity contribution >= 4 is 63.7 Å². The van der Waals surface area contributed by atoms with Crippen molar-refractivity contribution in [2.75, 3.05) is 0 Å². The van der Waals surface area contributed by atoms with Crippen LogP contribution in [0.5, 0.6) is 0 Å². The summed E-state index contributed by atoms with van der Waals surface area (Å²) < 4.78 is 0.823. The van der Waals surface area contributed by atoms with E-state index in [2.05, 4.69) is 63.7 Å². The highest BCUT2D eigenvalue weighted by Crippen LogP contribution is 2.31. The fourth-order valence-corrected chi connectivity index (χ4v) is 2.79. The van der Waals surface area contributed by atoms with Crippen LogP contribution in [0.3, 0.4) is 0 Å². The summed E-state index contributed by atoms with van der Waals surface area (Å²) >= 11 is 13.2. The van der Waals surface area contributed by atoms with Gasteiger partial charge in [0, 0.05) is 0 Å². The topological polar surface area (TPSA) is 0 Å². The lowest BCUT2D eigenvalue weighted by Crippen LogP contribution is -1.96. The van der Waals surface area contributed by atoms with Gasteiger partial charge in [0.15, 0.2) is 0 Å². The van der Waals surface area contributed by atoms with Crippen molar-refractivity contribution in [3.63, 3.8) is 0 Å². The molecule has 0 unspecified atom stereocenters. The first-order valence-corrected chi connectivity index (χ1v) is 5.01. The first kappa shape index (κ1) is 9.66. The Morgan fingerprint density at radius 3 is 1.75 bits per heavy atom. The van der Waals surface area contributed by atoms with Crippen LogP contribution >= 0.6 is 63.7 Å². The van der Waals surface area contributed by atoms with E-state index in [1.807, 2.05) is 13.0 Å². The van der Waals surface area contributed by atoms with E-state index in [1.165, 1.54) is 0 Å². The predicted octanol–water partition coefficient (Wildman–Crippen LogP) is 4.12. The monoisotopic (exact) mass is 368 g/mol. The maximum absolute atomic E-state index is 3.36. The molecule has 0 aliphatic carbocycles. The predicted molar refractivity (Wildman–Crippen MR) is 52.2 cm³/mol. The van der Waals surface area contributed by atoms with E-state index in [0.717, 1.165) is 3.39 Å². The highest BCUT2D eigenvalue weighted by molar-refractivity contribution is 9.28. The average Bonchev–Trinajstić information content (AvgIpc) is 1.21. The third kappa shape index (κ3) is 7.66. The van der Waals surface area contributed by atoms with Gasteiger partial charge in [-0.25, -0.2) is 0 Å². The van der Waals surface area contributed by atoms with Gasteiger partial charge in [0.05, 0.1) is 6.63 Å². The molecule has 0 rings (SSSR count). The van der Waals surface area contributed by atoms with Crippen molar-refractivity contribution in [1.82, 2.24) is 0 Å². The van der Waals surface area contributed by atoms with Crippen LogP contribution in [0, 0.1) is 0 Å². The van der Waals surface area contributed by atoms with Gasteiger partial charge in [0.25, 0.3) is 0 Å². The molecule has 0 heterocycles. The molecule has 0 nitrogen and oxygen atoms in total. The maximum atomic E-state index is 3.36. The van der Waals surface area contributed by atoms with Crippen LogP contribution in [-0.2, 0) is 0 Å². The normalized spacial score (nSPS) is 11.1. The van der Waals surface area contributed by atoms with Crippen molar-refractivity contribution in [1.29, 1.82) is 0 Å². The van der Waals surface area contributed by atoms with Crippen molar-refractivity contribution in [3.8, 4) is 0 Å². The van der Waals surface area contributed by atoms with Crippen LogP contribution in [0.15, 0.2) is 9.47 Å². The number of hydrogen-bond acceptors (Lipinski definition) is 0. The van der Waals surface area contributed by atoms with E-state index in [4.69, 9.17) is 0 Å². The molecule has 0 aliphatic heterocycles. The molecule has 0 fully saturated rings. The minimum Gasteiger partial charge on any atom is -0.0683 e. The maximum Gasteiger partial charge on any atom is 0.0975 e. The molecule has 0 saturated carbocycles. The second-order valence-corrected chi connectivity index (χ2v) is 8.52. The van der Waals surface area contributed by atoms with E-state index in [0.29, 0.717) is 0 Å². The van der Waals surface area contributed by atoms with Gasteiger partial charge < -0.3 is 0 Å². The smallest absolute Gasteiger partial charge is 0.0683 e. The van der Waals surface area contributed by atoms with E-state index in [1.54, 1.807) is 0 Å². The third-order valence-electron chi connectivity index (χ3n) is 0.363. The first-order valence-electron chi connectivity index (χ1n) is 1.83. The lowest BCUT2D eigenvalue weighted by Gasteiger charge is -2.05. The van der Waals surface area contributed by atoms with Gasteiger partial charge in [-0.2, -0.15) is 0 Å². The number of rotatable bonds is 1. The molecule has 0 aliphatic rings. The van der Waals surface area contributed by atoms with E-state index in [-0.39, 0.29) is 3.23 Å². The molecule has 0 atom stereocenters. The standard InChI is InChI=1S/C4H4Br4/c1-4(7,8)2-3(5)6/h2H,1H3. The zero-order valence-corrected chi connectivity index (χ0v) is 10.4. The third-order valence-corrected chi connectivity index (χ3v) is 1.28. The fraction of sp³-hybridized carbons (Fsp3) is 0.500. The number of halogens is 4. The molecular formula is C4H4Br4. The van der Waals surface area contributed by atoms with Crippen LogP contribution in [0.25, 0.3) is 0 Å². The summed E-state index contributed by atoms with van der Waals surface area (Å²) in [6, 6.07) is 0. The Morgan fingerprint density at radius 2 is 1.75 bits per heavy atom. The Bertz CT molecular complexity index is 95.1. The molecule has 0 aromatic carbocycles. The highest BCUT2D eigenvalue weighted by Gasteiger charge is 2.09. The number of allylic oxidation sites excluding steroid dienone is 1. The van der Waals surface area contributed by atoms with Crippen molar-refractivity contribution < 1.29 is 0 Å². The van der Waals surface area contributed by atoms with Crippen molar-refractivity contribution in [2.24, 2.45) is 0 Å².